The summed E-state index contributed by atoms with van der Waals surface area (Å²) >= 11 is 1.87. The minimum absolute atomic E-state index is 0.0668. The molecule has 1 aliphatic heterocycles. The number of anilines is 3. The highest BCUT2D eigenvalue weighted by Gasteiger charge is 2.28. The predicted octanol–water partition coefficient (Wildman–Crippen LogP) is 11.4. The SMILES string of the molecule is CC(C)(C)c1ccc2c(c1)Sc1cc(C(C)(C)C)ccc1N2c1ccc(-c2nc(-c3ccccc3)nc(-c3ccccc3)n2)cc1. The lowest BCUT2D eigenvalue weighted by Crippen LogP contribution is -2.18. The molecule has 228 valence electrons. The molecule has 0 saturated carbocycles. The fourth-order valence-electron chi connectivity index (χ4n) is 5.72. The van der Waals surface area contributed by atoms with Gasteiger partial charge in [-0.1, -0.05) is 126 Å². The van der Waals surface area contributed by atoms with E-state index >= 15 is 0 Å². The summed E-state index contributed by atoms with van der Waals surface area (Å²) in [6.07, 6.45) is 0. The van der Waals surface area contributed by atoms with E-state index in [0.29, 0.717) is 17.5 Å². The lowest BCUT2D eigenvalue weighted by atomic mass is 9.86. The second-order valence-corrected chi connectivity index (χ2v) is 15.0. The largest absolute Gasteiger partial charge is 0.308 e. The van der Waals surface area contributed by atoms with Crippen LogP contribution in [0.25, 0.3) is 34.2 Å². The van der Waals surface area contributed by atoms with E-state index in [9.17, 15) is 0 Å². The van der Waals surface area contributed by atoms with Crippen LogP contribution in [-0.4, -0.2) is 15.0 Å². The Hall–Kier alpha value is -4.74. The first-order valence-corrected chi connectivity index (χ1v) is 16.6. The Labute approximate surface area is 276 Å². The Morgan fingerprint density at radius 3 is 1.24 bits per heavy atom. The number of aromatic nitrogens is 3. The van der Waals surface area contributed by atoms with E-state index in [-0.39, 0.29) is 10.8 Å². The van der Waals surface area contributed by atoms with Crippen LogP contribution in [0.4, 0.5) is 17.1 Å². The first-order chi connectivity index (χ1) is 22.0. The van der Waals surface area contributed by atoms with E-state index in [1.165, 1.54) is 32.3 Å². The van der Waals surface area contributed by atoms with Crippen LogP contribution in [0, 0.1) is 0 Å². The standard InChI is InChI=1S/C41H38N4S/c1-40(2,3)30-19-23-33-35(25-30)46-36-26-31(41(4,5)6)20-24-34(36)45(33)32-21-17-29(18-22-32)39-43-37(27-13-9-7-10-14-27)42-38(44-39)28-15-11-8-12-16-28/h7-26H,1-6H3. The molecule has 5 heteroatoms. The molecule has 0 spiro atoms. The quantitative estimate of drug-likeness (QED) is 0.196. The molecule has 0 saturated heterocycles. The first-order valence-electron chi connectivity index (χ1n) is 15.8. The van der Waals surface area contributed by atoms with Gasteiger partial charge in [0.15, 0.2) is 17.5 Å². The summed E-state index contributed by atoms with van der Waals surface area (Å²) in [5.74, 6) is 1.97. The van der Waals surface area contributed by atoms with Gasteiger partial charge in [-0.05, 0) is 70.5 Å². The van der Waals surface area contributed by atoms with Crippen molar-refractivity contribution in [3.05, 3.63) is 132 Å². The Morgan fingerprint density at radius 1 is 0.457 bits per heavy atom. The zero-order chi connectivity index (χ0) is 32.1. The summed E-state index contributed by atoms with van der Waals surface area (Å²) in [4.78, 5) is 19.7. The van der Waals surface area contributed by atoms with Gasteiger partial charge in [0, 0.05) is 32.2 Å². The fraction of sp³-hybridized carbons (Fsp3) is 0.195. The van der Waals surface area contributed by atoms with Gasteiger partial charge in [0.2, 0.25) is 0 Å². The second kappa shape index (κ2) is 11.6. The van der Waals surface area contributed by atoms with Gasteiger partial charge in [0.05, 0.1) is 11.4 Å². The Morgan fingerprint density at radius 2 is 0.848 bits per heavy atom. The maximum absolute atomic E-state index is 4.94. The summed E-state index contributed by atoms with van der Waals surface area (Å²) in [5.41, 5.74) is 9.16. The van der Waals surface area contributed by atoms with Gasteiger partial charge in [0.1, 0.15) is 0 Å². The maximum atomic E-state index is 4.94. The molecule has 0 unspecified atom stereocenters. The van der Waals surface area contributed by atoms with Gasteiger partial charge in [0.25, 0.3) is 0 Å². The van der Waals surface area contributed by atoms with Gasteiger partial charge < -0.3 is 4.90 Å². The molecule has 1 aromatic heterocycles. The van der Waals surface area contributed by atoms with E-state index in [1.54, 1.807) is 0 Å². The summed E-state index contributed by atoms with van der Waals surface area (Å²) in [5, 5.41) is 0. The molecule has 5 aromatic carbocycles. The van der Waals surface area contributed by atoms with Crippen molar-refractivity contribution in [3.8, 4) is 34.2 Å². The second-order valence-electron chi connectivity index (χ2n) is 13.9. The third-order valence-electron chi connectivity index (χ3n) is 8.44. The van der Waals surface area contributed by atoms with Crippen LogP contribution >= 0.6 is 11.8 Å². The third-order valence-corrected chi connectivity index (χ3v) is 9.53. The number of benzene rings is 5. The molecule has 6 aromatic rings. The lowest BCUT2D eigenvalue weighted by molar-refractivity contribution is 0.588. The zero-order valence-electron chi connectivity index (χ0n) is 27.2. The number of rotatable bonds is 4. The highest BCUT2D eigenvalue weighted by atomic mass is 32.2. The van der Waals surface area contributed by atoms with E-state index in [0.717, 1.165) is 22.4 Å². The maximum Gasteiger partial charge on any atom is 0.164 e. The Kier molecular flexibility index (Phi) is 7.53. The molecule has 0 atom stereocenters. The molecule has 4 nitrogen and oxygen atoms in total. The van der Waals surface area contributed by atoms with Crippen molar-refractivity contribution < 1.29 is 0 Å². The van der Waals surface area contributed by atoms with E-state index in [4.69, 9.17) is 15.0 Å². The molecular weight excluding hydrogens is 581 g/mol. The Bertz CT molecular complexity index is 1900. The van der Waals surface area contributed by atoms with E-state index in [2.05, 4.69) is 107 Å². The molecule has 1 aliphatic rings. The van der Waals surface area contributed by atoms with Gasteiger partial charge >= 0.3 is 0 Å². The van der Waals surface area contributed by atoms with Crippen LogP contribution in [0.5, 0.6) is 0 Å². The number of hydrogen-bond donors (Lipinski definition) is 0. The summed E-state index contributed by atoms with van der Waals surface area (Å²) < 4.78 is 0. The predicted molar refractivity (Wildman–Crippen MR) is 192 cm³/mol. The van der Waals surface area contributed by atoms with Crippen LogP contribution in [-0.2, 0) is 10.8 Å². The monoisotopic (exact) mass is 618 g/mol. The zero-order valence-corrected chi connectivity index (χ0v) is 28.1. The molecule has 2 heterocycles. The van der Waals surface area contributed by atoms with Crippen molar-refractivity contribution >= 4 is 28.8 Å². The van der Waals surface area contributed by atoms with Crippen molar-refractivity contribution in [1.29, 1.82) is 0 Å². The van der Waals surface area contributed by atoms with Crippen molar-refractivity contribution in [3.63, 3.8) is 0 Å². The smallest absolute Gasteiger partial charge is 0.164 e. The fourth-order valence-corrected chi connectivity index (χ4v) is 6.85. The van der Waals surface area contributed by atoms with Crippen LogP contribution in [0.1, 0.15) is 52.7 Å². The average molecular weight is 619 g/mol. The first kappa shape index (κ1) is 29.9. The molecule has 0 radical (unpaired) electrons. The summed E-state index contributed by atoms with van der Waals surface area (Å²) in [6, 6.07) is 42.7. The van der Waals surface area contributed by atoms with Crippen molar-refractivity contribution in [1.82, 2.24) is 15.0 Å². The molecule has 46 heavy (non-hydrogen) atoms. The third kappa shape index (κ3) is 5.83. The number of fused-ring (bicyclic) bond motifs is 2. The normalized spacial score (nSPS) is 12.9. The summed E-state index contributed by atoms with van der Waals surface area (Å²) in [7, 11) is 0. The van der Waals surface area contributed by atoms with Crippen molar-refractivity contribution in [2.75, 3.05) is 4.90 Å². The highest BCUT2D eigenvalue weighted by molar-refractivity contribution is 7.99. The van der Waals surface area contributed by atoms with Gasteiger partial charge in [-0.25, -0.2) is 15.0 Å². The molecule has 7 rings (SSSR count). The van der Waals surface area contributed by atoms with Crippen LogP contribution in [0.2, 0.25) is 0 Å². The minimum Gasteiger partial charge on any atom is -0.308 e. The molecule has 0 bridgehead atoms. The van der Waals surface area contributed by atoms with Gasteiger partial charge in [-0.2, -0.15) is 0 Å². The van der Waals surface area contributed by atoms with Gasteiger partial charge in [-0.15, -0.1) is 0 Å². The average Bonchev–Trinajstić information content (AvgIpc) is 3.06. The van der Waals surface area contributed by atoms with Crippen molar-refractivity contribution in [2.45, 2.75) is 62.2 Å². The molecule has 0 N–H and O–H groups in total. The topological polar surface area (TPSA) is 41.9 Å². The Balaban J connectivity index is 1.33. The molecule has 0 fully saturated rings. The van der Waals surface area contributed by atoms with Crippen LogP contribution in [0.3, 0.4) is 0 Å². The van der Waals surface area contributed by atoms with Crippen LogP contribution < -0.4 is 4.90 Å². The van der Waals surface area contributed by atoms with Gasteiger partial charge in [-0.3, -0.25) is 0 Å². The highest BCUT2D eigenvalue weighted by Crippen LogP contribution is 2.53. The van der Waals surface area contributed by atoms with Crippen molar-refractivity contribution in [2.24, 2.45) is 0 Å². The lowest BCUT2D eigenvalue weighted by Gasteiger charge is -2.35. The van der Waals surface area contributed by atoms with Crippen LogP contribution in [0.15, 0.2) is 131 Å². The number of nitrogens with zero attached hydrogens (tertiary/aromatic N) is 4. The van der Waals surface area contributed by atoms with E-state index < -0.39 is 0 Å². The molecule has 0 amide bonds. The summed E-state index contributed by atoms with van der Waals surface area (Å²) in [6.45, 7) is 13.7. The molecule has 0 aliphatic carbocycles. The van der Waals surface area contributed by atoms with E-state index in [1.807, 2.05) is 72.4 Å². The number of hydrogen-bond acceptors (Lipinski definition) is 5. The molecular formula is C41H38N4S. The minimum atomic E-state index is 0.0668.